The second kappa shape index (κ2) is 8.13. The van der Waals surface area contributed by atoms with E-state index in [1.54, 1.807) is 0 Å². The van der Waals surface area contributed by atoms with Crippen molar-refractivity contribution < 1.29 is 9.59 Å². The first-order valence-electron chi connectivity index (χ1n) is 9.58. The molecule has 3 aromatic rings. The van der Waals surface area contributed by atoms with Gasteiger partial charge in [-0.1, -0.05) is 54.6 Å². The Morgan fingerprint density at radius 3 is 2.52 bits per heavy atom. The minimum Gasteiger partial charge on any atom is -0.340 e. The van der Waals surface area contributed by atoms with Crippen molar-refractivity contribution in [3.05, 3.63) is 89.0 Å². The molecule has 0 aliphatic carbocycles. The molecule has 4 nitrogen and oxygen atoms in total. The lowest BCUT2D eigenvalue weighted by atomic mass is 10.1. The van der Waals surface area contributed by atoms with Gasteiger partial charge in [-0.05, 0) is 42.8 Å². The Morgan fingerprint density at radius 1 is 1.03 bits per heavy atom. The lowest BCUT2D eigenvalue weighted by Gasteiger charge is -2.12. The summed E-state index contributed by atoms with van der Waals surface area (Å²) in [5.41, 5.74) is 4.25. The molecule has 0 bridgehead atoms. The predicted molar refractivity (Wildman–Crippen MR) is 120 cm³/mol. The number of imide groups is 1. The number of aromatic nitrogens is 1. The van der Waals surface area contributed by atoms with E-state index in [9.17, 15) is 9.59 Å². The Morgan fingerprint density at radius 2 is 1.76 bits per heavy atom. The summed E-state index contributed by atoms with van der Waals surface area (Å²) in [5, 5.41) is 0.868. The topological polar surface area (TPSA) is 42.3 Å². The third kappa shape index (κ3) is 3.66. The van der Waals surface area contributed by atoms with Crippen LogP contribution >= 0.6 is 11.8 Å². The number of nitrogens with zero attached hydrogens (tertiary/aromatic N) is 2. The number of amides is 2. The van der Waals surface area contributed by atoms with Gasteiger partial charge in [-0.2, -0.15) is 0 Å². The summed E-state index contributed by atoms with van der Waals surface area (Å²) in [5.74, 6) is -0.212. The number of fused-ring (bicyclic) bond motifs is 1. The quantitative estimate of drug-likeness (QED) is 0.409. The smallest absolute Gasteiger partial charge is 0.293 e. The van der Waals surface area contributed by atoms with Gasteiger partial charge in [0.15, 0.2) is 0 Å². The van der Waals surface area contributed by atoms with Crippen LogP contribution in [0.3, 0.4) is 0 Å². The molecule has 2 amide bonds. The van der Waals surface area contributed by atoms with E-state index in [4.69, 9.17) is 0 Å². The normalized spacial score (nSPS) is 15.6. The third-order valence-corrected chi connectivity index (χ3v) is 6.11. The summed E-state index contributed by atoms with van der Waals surface area (Å²) in [7, 11) is 0. The largest absolute Gasteiger partial charge is 0.340 e. The molecule has 5 heteroatoms. The van der Waals surface area contributed by atoms with Crippen LogP contribution in [0, 0.1) is 6.92 Å². The molecule has 1 fully saturated rings. The fourth-order valence-electron chi connectivity index (χ4n) is 3.71. The van der Waals surface area contributed by atoms with Crippen LogP contribution in [0.1, 0.15) is 16.8 Å². The van der Waals surface area contributed by atoms with Gasteiger partial charge in [0.05, 0.1) is 4.91 Å². The summed E-state index contributed by atoms with van der Waals surface area (Å²) in [6.07, 6.45) is 4.38. The molecule has 2 aromatic carbocycles. The summed E-state index contributed by atoms with van der Waals surface area (Å²) in [4.78, 5) is 27.2. The van der Waals surface area contributed by atoms with Gasteiger partial charge in [0.1, 0.15) is 0 Å². The Bertz CT molecular complexity index is 1130. The molecule has 2 heterocycles. The lowest BCUT2D eigenvalue weighted by Crippen LogP contribution is -2.30. The maximum Gasteiger partial charge on any atom is 0.293 e. The Kier molecular flexibility index (Phi) is 5.41. The monoisotopic (exact) mass is 402 g/mol. The predicted octanol–water partition coefficient (Wildman–Crippen LogP) is 5.41. The van der Waals surface area contributed by atoms with Gasteiger partial charge in [0.2, 0.25) is 0 Å². The molecule has 1 aliphatic heterocycles. The zero-order valence-corrected chi connectivity index (χ0v) is 17.1. The minimum absolute atomic E-state index is 0.204. The van der Waals surface area contributed by atoms with Gasteiger partial charge in [-0.3, -0.25) is 14.5 Å². The fourth-order valence-corrected chi connectivity index (χ4v) is 4.56. The van der Waals surface area contributed by atoms with Gasteiger partial charge in [-0.15, -0.1) is 6.58 Å². The van der Waals surface area contributed by atoms with Crippen LogP contribution in [0.25, 0.3) is 17.0 Å². The zero-order valence-electron chi connectivity index (χ0n) is 16.3. The van der Waals surface area contributed by atoms with Crippen LogP contribution in [0.4, 0.5) is 4.79 Å². The number of rotatable bonds is 6. The van der Waals surface area contributed by atoms with Crippen LogP contribution in [-0.2, 0) is 17.8 Å². The summed E-state index contributed by atoms with van der Waals surface area (Å²) < 4.78 is 2.17. The Balaban J connectivity index is 1.64. The maximum atomic E-state index is 12.9. The van der Waals surface area contributed by atoms with Crippen LogP contribution in [0.2, 0.25) is 0 Å². The second-order valence-corrected chi connectivity index (χ2v) is 7.98. The number of hydrogen-bond donors (Lipinski definition) is 0. The van der Waals surface area contributed by atoms with E-state index in [1.165, 1.54) is 4.90 Å². The highest BCUT2D eigenvalue weighted by Crippen LogP contribution is 2.35. The molecule has 0 N–H and O–H groups in total. The summed E-state index contributed by atoms with van der Waals surface area (Å²) >= 11 is 1.02. The number of carbonyl (C=O) groups excluding carboxylic acids is 2. The molecule has 146 valence electrons. The molecular weight excluding hydrogens is 380 g/mol. The van der Waals surface area contributed by atoms with E-state index in [1.807, 2.05) is 67.6 Å². The van der Waals surface area contributed by atoms with E-state index >= 15 is 0 Å². The first-order valence-corrected chi connectivity index (χ1v) is 10.4. The number of thioether (sulfide) groups is 1. The van der Waals surface area contributed by atoms with Gasteiger partial charge >= 0.3 is 0 Å². The number of carbonyl (C=O) groups is 2. The van der Waals surface area contributed by atoms with Crippen LogP contribution in [-0.4, -0.2) is 27.2 Å². The third-order valence-electron chi connectivity index (χ3n) is 5.21. The van der Waals surface area contributed by atoms with Crippen LogP contribution in [0.15, 0.2) is 72.2 Å². The van der Waals surface area contributed by atoms with Crippen LogP contribution in [0.5, 0.6) is 0 Å². The zero-order chi connectivity index (χ0) is 20.4. The summed E-state index contributed by atoms with van der Waals surface area (Å²) in [6, 6.07) is 18.0. The number of allylic oxidation sites excluding steroid dienone is 1. The second-order valence-electron chi connectivity index (χ2n) is 6.98. The van der Waals surface area contributed by atoms with Crippen molar-refractivity contribution in [2.24, 2.45) is 0 Å². The van der Waals surface area contributed by atoms with E-state index in [-0.39, 0.29) is 11.1 Å². The molecule has 1 aromatic heterocycles. The van der Waals surface area contributed by atoms with Gasteiger partial charge in [-0.25, -0.2) is 0 Å². The standard InChI is InChI=1S/C24H22N2O2S/c1-3-14-25-17(2)20(19-11-7-8-12-21(19)25)16-22-23(27)26(24(28)29-22)15-13-18-9-5-4-6-10-18/h3-12,16H,1,13-15H2,2H3/b22-16-. The average Bonchev–Trinajstić information content (AvgIpc) is 3.16. The molecule has 0 spiro atoms. The van der Waals surface area contributed by atoms with E-state index in [2.05, 4.69) is 17.2 Å². The van der Waals surface area contributed by atoms with Crippen molar-refractivity contribution in [1.29, 1.82) is 0 Å². The van der Waals surface area contributed by atoms with Crippen molar-refractivity contribution in [2.45, 2.75) is 19.9 Å². The van der Waals surface area contributed by atoms with E-state index < -0.39 is 0 Å². The number of para-hydroxylation sites is 1. The van der Waals surface area contributed by atoms with Gasteiger partial charge in [0, 0.05) is 35.2 Å². The van der Waals surface area contributed by atoms with Crippen molar-refractivity contribution in [2.75, 3.05) is 6.54 Å². The summed E-state index contributed by atoms with van der Waals surface area (Å²) in [6.45, 7) is 6.97. The van der Waals surface area contributed by atoms with Crippen molar-refractivity contribution in [3.8, 4) is 0 Å². The highest BCUT2D eigenvalue weighted by Gasteiger charge is 2.35. The SMILES string of the molecule is C=CCn1c(C)c(/C=C2\SC(=O)N(CCc3ccccc3)C2=O)c2ccccc21. The lowest BCUT2D eigenvalue weighted by molar-refractivity contribution is -0.122. The maximum absolute atomic E-state index is 12.9. The molecule has 0 atom stereocenters. The molecule has 29 heavy (non-hydrogen) atoms. The van der Waals surface area contributed by atoms with Crippen molar-refractivity contribution in [1.82, 2.24) is 9.47 Å². The van der Waals surface area contributed by atoms with Gasteiger partial charge < -0.3 is 4.57 Å². The van der Waals surface area contributed by atoms with Crippen molar-refractivity contribution >= 4 is 39.9 Å². The molecule has 0 unspecified atom stereocenters. The van der Waals surface area contributed by atoms with Crippen molar-refractivity contribution in [3.63, 3.8) is 0 Å². The van der Waals surface area contributed by atoms with Crippen LogP contribution < -0.4 is 0 Å². The first-order chi connectivity index (χ1) is 14.1. The number of benzene rings is 2. The van der Waals surface area contributed by atoms with E-state index in [0.717, 1.165) is 39.5 Å². The first kappa shape index (κ1) is 19.3. The molecule has 1 saturated heterocycles. The minimum atomic E-state index is -0.212. The molecule has 0 saturated carbocycles. The fraction of sp³-hybridized carbons (Fsp3) is 0.167. The van der Waals surface area contributed by atoms with E-state index in [0.29, 0.717) is 24.4 Å². The Hall–Kier alpha value is -3.05. The highest BCUT2D eigenvalue weighted by molar-refractivity contribution is 8.18. The molecule has 4 rings (SSSR count). The number of hydrogen-bond acceptors (Lipinski definition) is 3. The molecule has 1 aliphatic rings. The average molecular weight is 403 g/mol. The molecular formula is C24H22N2O2S. The highest BCUT2D eigenvalue weighted by atomic mass is 32.2. The van der Waals surface area contributed by atoms with Gasteiger partial charge in [0.25, 0.3) is 11.1 Å². The molecule has 0 radical (unpaired) electrons. The Labute approximate surface area is 174 Å².